The summed E-state index contributed by atoms with van der Waals surface area (Å²) in [5.41, 5.74) is 1.05. The van der Waals surface area contributed by atoms with E-state index in [0.29, 0.717) is 19.1 Å². The molecule has 1 heterocycles. The molecule has 0 saturated carbocycles. The molecule has 3 nitrogen and oxygen atoms in total. The summed E-state index contributed by atoms with van der Waals surface area (Å²) in [7, 11) is 0. The number of nitrogens with one attached hydrogen (secondary N) is 1. The maximum Gasteiger partial charge on any atom is 0.261 e. The molecular weight excluding hydrogens is 258 g/mol. The summed E-state index contributed by atoms with van der Waals surface area (Å²) >= 11 is 1.56. The summed E-state index contributed by atoms with van der Waals surface area (Å²) in [5, 5.41) is 6.29. The molecule has 0 radical (unpaired) electrons. The van der Waals surface area contributed by atoms with E-state index in [4.69, 9.17) is 4.74 Å². The van der Waals surface area contributed by atoms with Gasteiger partial charge in [-0.3, -0.25) is 0 Å². The van der Waals surface area contributed by atoms with Crippen molar-refractivity contribution in [3.05, 3.63) is 16.1 Å². The molecule has 1 rings (SSSR count). The summed E-state index contributed by atoms with van der Waals surface area (Å²) < 4.78 is 28.5. The van der Waals surface area contributed by atoms with Crippen molar-refractivity contribution in [3.8, 4) is 0 Å². The molecule has 0 unspecified atom stereocenters. The Kier molecular flexibility index (Phi) is 7.31. The maximum absolute atomic E-state index is 11.8. The highest BCUT2D eigenvalue weighted by Crippen LogP contribution is 2.11. The lowest BCUT2D eigenvalue weighted by molar-refractivity contribution is 0.0187. The van der Waals surface area contributed by atoms with E-state index in [1.165, 1.54) is 0 Å². The van der Waals surface area contributed by atoms with Gasteiger partial charge >= 0.3 is 0 Å². The SMILES string of the molecule is CC(C)NCCc1csc(CCOCC(F)F)n1. The van der Waals surface area contributed by atoms with E-state index in [2.05, 4.69) is 24.1 Å². The minimum Gasteiger partial charge on any atom is -0.375 e. The molecule has 0 spiro atoms. The standard InChI is InChI=1S/C12H20F2N2OS/c1-9(2)15-5-3-10-8-18-12(16-10)4-6-17-7-11(13)14/h8-9,11,15H,3-7H2,1-2H3. The van der Waals surface area contributed by atoms with Gasteiger partial charge in [0.1, 0.15) is 6.61 Å². The molecule has 18 heavy (non-hydrogen) atoms. The van der Waals surface area contributed by atoms with Crippen LogP contribution >= 0.6 is 11.3 Å². The van der Waals surface area contributed by atoms with Crippen LogP contribution in [0.4, 0.5) is 8.78 Å². The van der Waals surface area contributed by atoms with Gasteiger partial charge in [-0.05, 0) is 0 Å². The highest BCUT2D eigenvalue weighted by Gasteiger charge is 2.05. The molecule has 1 aromatic rings. The Labute approximate surface area is 111 Å². The highest BCUT2D eigenvalue weighted by atomic mass is 32.1. The second kappa shape index (κ2) is 8.50. The number of hydrogen-bond donors (Lipinski definition) is 1. The number of ether oxygens (including phenoxy) is 1. The molecule has 0 aliphatic heterocycles. The van der Waals surface area contributed by atoms with E-state index in [1.807, 2.05) is 5.38 Å². The van der Waals surface area contributed by atoms with E-state index < -0.39 is 13.0 Å². The fraction of sp³-hybridized carbons (Fsp3) is 0.750. The second-order valence-corrected chi connectivity index (χ2v) is 5.25. The first-order chi connectivity index (χ1) is 8.58. The van der Waals surface area contributed by atoms with E-state index in [0.717, 1.165) is 23.7 Å². The predicted molar refractivity (Wildman–Crippen MR) is 69.5 cm³/mol. The van der Waals surface area contributed by atoms with Crippen LogP contribution in [-0.4, -0.2) is 37.2 Å². The smallest absolute Gasteiger partial charge is 0.261 e. The van der Waals surface area contributed by atoms with Gasteiger partial charge in [0.05, 0.1) is 17.3 Å². The minimum atomic E-state index is -2.39. The van der Waals surface area contributed by atoms with Crippen LogP contribution in [0.5, 0.6) is 0 Å². The average Bonchev–Trinajstić information content (AvgIpc) is 2.72. The number of halogens is 2. The third-order valence-corrected chi connectivity index (χ3v) is 3.19. The van der Waals surface area contributed by atoms with Crippen molar-refractivity contribution >= 4 is 11.3 Å². The molecule has 0 amide bonds. The third kappa shape index (κ3) is 6.98. The van der Waals surface area contributed by atoms with Crippen molar-refractivity contribution in [2.24, 2.45) is 0 Å². The van der Waals surface area contributed by atoms with Crippen LogP contribution in [0.2, 0.25) is 0 Å². The molecule has 0 aromatic carbocycles. The molecule has 6 heteroatoms. The van der Waals surface area contributed by atoms with Crippen molar-refractivity contribution in [3.63, 3.8) is 0 Å². The Balaban J connectivity index is 2.17. The predicted octanol–water partition coefficient (Wildman–Crippen LogP) is 2.51. The summed E-state index contributed by atoms with van der Waals surface area (Å²) in [5.74, 6) is 0. The minimum absolute atomic E-state index is 0.307. The molecule has 0 aliphatic rings. The normalized spacial score (nSPS) is 11.7. The molecule has 0 fully saturated rings. The summed E-state index contributed by atoms with van der Waals surface area (Å²) in [6.07, 6.45) is -0.888. The van der Waals surface area contributed by atoms with Crippen molar-refractivity contribution in [1.29, 1.82) is 0 Å². The van der Waals surface area contributed by atoms with Crippen LogP contribution < -0.4 is 5.32 Å². The van der Waals surface area contributed by atoms with Crippen molar-refractivity contribution < 1.29 is 13.5 Å². The first-order valence-electron chi connectivity index (χ1n) is 6.10. The first kappa shape index (κ1) is 15.5. The Morgan fingerprint density at radius 2 is 2.17 bits per heavy atom. The molecule has 1 N–H and O–H groups in total. The highest BCUT2D eigenvalue weighted by molar-refractivity contribution is 7.09. The van der Waals surface area contributed by atoms with Gasteiger partial charge in [0.25, 0.3) is 6.43 Å². The average molecular weight is 278 g/mol. The lowest BCUT2D eigenvalue weighted by atomic mass is 10.3. The molecule has 0 saturated heterocycles. The molecule has 0 bridgehead atoms. The number of rotatable bonds is 9. The fourth-order valence-corrected chi connectivity index (χ4v) is 2.21. The van der Waals surface area contributed by atoms with Gasteiger partial charge in [0.15, 0.2) is 0 Å². The van der Waals surface area contributed by atoms with Crippen LogP contribution in [0.1, 0.15) is 24.5 Å². The van der Waals surface area contributed by atoms with Crippen molar-refractivity contribution in [2.75, 3.05) is 19.8 Å². The Bertz CT molecular complexity index is 332. The molecule has 104 valence electrons. The third-order valence-electron chi connectivity index (χ3n) is 2.24. The Hall–Kier alpha value is -0.590. The number of alkyl halides is 2. The van der Waals surface area contributed by atoms with Gasteiger partial charge < -0.3 is 10.1 Å². The van der Waals surface area contributed by atoms with Crippen LogP contribution in [0.15, 0.2) is 5.38 Å². The Morgan fingerprint density at radius 1 is 1.39 bits per heavy atom. The molecule has 0 atom stereocenters. The zero-order valence-electron chi connectivity index (χ0n) is 10.8. The topological polar surface area (TPSA) is 34.1 Å². The second-order valence-electron chi connectivity index (χ2n) is 4.31. The number of thiazole rings is 1. The van der Waals surface area contributed by atoms with Crippen molar-refractivity contribution in [2.45, 2.75) is 39.2 Å². The number of hydrogen-bond acceptors (Lipinski definition) is 4. The quantitative estimate of drug-likeness (QED) is 0.705. The van der Waals surface area contributed by atoms with Crippen molar-refractivity contribution in [1.82, 2.24) is 10.3 Å². The molecule has 1 aromatic heterocycles. The summed E-state index contributed by atoms with van der Waals surface area (Å²) in [4.78, 5) is 4.43. The summed E-state index contributed by atoms with van der Waals surface area (Å²) in [6.45, 7) is 4.93. The monoisotopic (exact) mass is 278 g/mol. The summed E-state index contributed by atoms with van der Waals surface area (Å²) in [6, 6.07) is 0.478. The number of nitrogens with zero attached hydrogens (tertiary/aromatic N) is 1. The first-order valence-corrected chi connectivity index (χ1v) is 6.98. The zero-order valence-corrected chi connectivity index (χ0v) is 11.6. The van der Waals surface area contributed by atoms with Gasteiger partial charge in [-0.15, -0.1) is 11.3 Å². The van der Waals surface area contributed by atoms with Crippen LogP contribution in [0.3, 0.4) is 0 Å². The lowest BCUT2D eigenvalue weighted by Crippen LogP contribution is -2.25. The van der Waals surface area contributed by atoms with Crippen LogP contribution in [0, 0.1) is 0 Å². The fourth-order valence-electron chi connectivity index (χ4n) is 1.40. The van der Waals surface area contributed by atoms with E-state index >= 15 is 0 Å². The van der Waals surface area contributed by atoms with Gasteiger partial charge in [-0.1, -0.05) is 13.8 Å². The zero-order chi connectivity index (χ0) is 13.4. The Morgan fingerprint density at radius 3 is 2.83 bits per heavy atom. The van der Waals surface area contributed by atoms with Crippen LogP contribution in [-0.2, 0) is 17.6 Å². The van der Waals surface area contributed by atoms with E-state index in [9.17, 15) is 8.78 Å². The maximum atomic E-state index is 11.8. The molecular formula is C12H20F2N2OS. The number of aromatic nitrogens is 1. The molecule has 0 aliphatic carbocycles. The lowest BCUT2D eigenvalue weighted by Gasteiger charge is -2.05. The van der Waals surface area contributed by atoms with Gasteiger partial charge in [-0.25, -0.2) is 13.8 Å². The van der Waals surface area contributed by atoms with Crippen LogP contribution in [0.25, 0.3) is 0 Å². The largest absolute Gasteiger partial charge is 0.375 e. The van der Waals surface area contributed by atoms with E-state index in [-0.39, 0.29) is 0 Å². The van der Waals surface area contributed by atoms with Gasteiger partial charge in [0.2, 0.25) is 0 Å². The van der Waals surface area contributed by atoms with Gasteiger partial charge in [0, 0.05) is 30.8 Å². The van der Waals surface area contributed by atoms with E-state index in [1.54, 1.807) is 11.3 Å². The van der Waals surface area contributed by atoms with Gasteiger partial charge in [-0.2, -0.15) is 0 Å².